The molecule has 1 aliphatic heterocycles. The Morgan fingerprint density at radius 3 is 2.70 bits per heavy atom. The summed E-state index contributed by atoms with van der Waals surface area (Å²) >= 11 is 0. The van der Waals surface area contributed by atoms with Gasteiger partial charge in [-0.05, 0) is 56.5 Å². The van der Waals surface area contributed by atoms with Gasteiger partial charge >= 0.3 is 0 Å². The molecule has 3 aromatic rings. The molecule has 1 N–H and O–H groups in total. The molecular weight excluding hydrogens is 400 g/mol. The number of amides is 1. The molecule has 0 bridgehead atoms. The third kappa shape index (κ3) is 3.70. The van der Waals surface area contributed by atoms with Gasteiger partial charge in [-0.3, -0.25) is 9.10 Å². The third-order valence-electron chi connectivity index (χ3n) is 5.15. The monoisotopic (exact) mass is 424 g/mol. The number of nitrogens with zero attached hydrogens (tertiary/aromatic N) is 3. The summed E-state index contributed by atoms with van der Waals surface area (Å²) in [5.41, 5.74) is 2.00. The lowest BCUT2D eigenvalue weighted by Gasteiger charge is -2.30. The van der Waals surface area contributed by atoms with Gasteiger partial charge in [0.2, 0.25) is 0 Å². The summed E-state index contributed by atoms with van der Waals surface area (Å²) in [7, 11) is -3.78. The molecular formula is C22H24N4O3S. The number of fused-ring (bicyclic) bond motifs is 1. The van der Waals surface area contributed by atoms with Crippen molar-refractivity contribution >= 4 is 27.4 Å². The van der Waals surface area contributed by atoms with Crippen LogP contribution >= 0.6 is 0 Å². The second-order valence-electron chi connectivity index (χ2n) is 7.55. The second-order valence-corrected chi connectivity index (χ2v) is 9.41. The van der Waals surface area contributed by atoms with E-state index in [9.17, 15) is 13.2 Å². The molecule has 0 fully saturated rings. The van der Waals surface area contributed by atoms with Crippen LogP contribution in [-0.2, 0) is 16.4 Å². The van der Waals surface area contributed by atoms with Gasteiger partial charge in [0.25, 0.3) is 15.9 Å². The van der Waals surface area contributed by atoms with E-state index in [2.05, 4.69) is 10.4 Å². The van der Waals surface area contributed by atoms with Gasteiger partial charge in [-0.1, -0.05) is 24.3 Å². The second kappa shape index (κ2) is 7.95. The highest BCUT2D eigenvalue weighted by Crippen LogP contribution is 2.32. The molecule has 1 amide bonds. The molecule has 156 valence electrons. The number of benzene rings is 2. The fraction of sp³-hybridized carbons (Fsp3) is 0.273. The maximum Gasteiger partial charge on any atom is 0.264 e. The van der Waals surface area contributed by atoms with E-state index in [1.54, 1.807) is 29.1 Å². The molecule has 8 heteroatoms. The highest BCUT2D eigenvalue weighted by molar-refractivity contribution is 7.92. The quantitative estimate of drug-likeness (QED) is 0.674. The zero-order valence-electron chi connectivity index (χ0n) is 16.9. The van der Waals surface area contributed by atoms with Gasteiger partial charge in [-0.25, -0.2) is 13.1 Å². The number of nitrogens with one attached hydrogen (secondary N) is 1. The van der Waals surface area contributed by atoms with Crippen molar-refractivity contribution < 1.29 is 13.2 Å². The van der Waals surface area contributed by atoms with Gasteiger partial charge in [0.05, 0.1) is 16.8 Å². The largest absolute Gasteiger partial charge is 0.307 e. The highest BCUT2D eigenvalue weighted by atomic mass is 32.2. The number of hydrogen-bond acceptors (Lipinski definition) is 4. The number of anilines is 2. The van der Waals surface area contributed by atoms with Gasteiger partial charge in [-0.15, -0.1) is 0 Å². The van der Waals surface area contributed by atoms with Gasteiger partial charge in [0.15, 0.2) is 0 Å². The van der Waals surface area contributed by atoms with Crippen LogP contribution in [0.3, 0.4) is 0 Å². The average molecular weight is 425 g/mol. The highest BCUT2D eigenvalue weighted by Gasteiger charge is 2.29. The maximum atomic E-state index is 13.4. The Balaban J connectivity index is 1.63. The lowest BCUT2D eigenvalue weighted by Crippen LogP contribution is -2.35. The van der Waals surface area contributed by atoms with E-state index >= 15 is 0 Å². The molecule has 0 saturated carbocycles. The lowest BCUT2D eigenvalue weighted by atomic mass is 10.0. The minimum Gasteiger partial charge on any atom is -0.307 e. The first-order valence-corrected chi connectivity index (χ1v) is 11.4. The Labute approximate surface area is 176 Å². The summed E-state index contributed by atoms with van der Waals surface area (Å²) in [5.74, 6) is 0.182. The van der Waals surface area contributed by atoms with Gasteiger partial charge in [-0.2, -0.15) is 5.10 Å². The maximum absolute atomic E-state index is 13.4. The first-order chi connectivity index (χ1) is 14.4. The molecule has 0 unspecified atom stereocenters. The van der Waals surface area contributed by atoms with Crippen molar-refractivity contribution in [2.24, 2.45) is 0 Å². The fourth-order valence-electron chi connectivity index (χ4n) is 3.69. The predicted molar refractivity (Wildman–Crippen MR) is 116 cm³/mol. The Morgan fingerprint density at radius 2 is 1.90 bits per heavy atom. The molecule has 2 heterocycles. The van der Waals surface area contributed by atoms with Gasteiger partial charge in [0.1, 0.15) is 5.82 Å². The van der Waals surface area contributed by atoms with E-state index in [1.807, 2.05) is 38.1 Å². The normalized spacial score (nSPS) is 13.9. The van der Waals surface area contributed by atoms with Crippen LogP contribution in [0.1, 0.15) is 42.2 Å². The van der Waals surface area contributed by atoms with Crippen LogP contribution in [0.5, 0.6) is 0 Å². The number of sulfonamides is 1. The Hall–Kier alpha value is -3.13. The first-order valence-electron chi connectivity index (χ1n) is 9.93. The van der Waals surface area contributed by atoms with E-state index in [-0.39, 0.29) is 22.4 Å². The Bertz CT molecular complexity index is 1180. The first kappa shape index (κ1) is 20.2. The summed E-state index contributed by atoms with van der Waals surface area (Å²) < 4.78 is 29.9. The zero-order chi connectivity index (χ0) is 21.3. The molecule has 2 aromatic carbocycles. The standard InChI is InChI=1S/C22H24N4O3S/c1-16(2)26-21(12-13-23-26)24-22(27)18-8-5-10-19(15-18)30(28,29)25-14-6-9-17-7-3-4-11-20(17)25/h3-5,7-8,10-13,15-16H,6,9,14H2,1-2H3,(H,24,27). The van der Waals surface area contributed by atoms with Gasteiger partial charge < -0.3 is 5.32 Å². The van der Waals surface area contributed by atoms with E-state index in [0.717, 1.165) is 18.4 Å². The van der Waals surface area contributed by atoms with Crippen molar-refractivity contribution in [3.8, 4) is 0 Å². The average Bonchev–Trinajstić information content (AvgIpc) is 3.22. The van der Waals surface area contributed by atoms with E-state index in [4.69, 9.17) is 0 Å². The third-order valence-corrected chi connectivity index (χ3v) is 6.96. The SMILES string of the molecule is CC(C)n1nccc1NC(=O)c1cccc(S(=O)(=O)N2CCCc3ccccc32)c1. The van der Waals surface area contributed by atoms with Crippen LogP contribution in [0.15, 0.2) is 65.7 Å². The summed E-state index contributed by atoms with van der Waals surface area (Å²) in [6, 6.07) is 15.5. The zero-order valence-corrected chi connectivity index (χ0v) is 17.8. The van der Waals surface area contributed by atoms with Crippen LogP contribution in [0.25, 0.3) is 0 Å². The number of para-hydroxylation sites is 1. The van der Waals surface area contributed by atoms with Crippen LogP contribution < -0.4 is 9.62 Å². The molecule has 4 rings (SSSR count). The molecule has 7 nitrogen and oxygen atoms in total. The molecule has 1 aliphatic rings. The molecule has 0 saturated heterocycles. The summed E-state index contributed by atoms with van der Waals surface area (Å²) in [5, 5.41) is 7.02. The van der Waals surface area contributed by atoms with E-state index in [1.165, 1.54) is 16.4 Å². The number of carbonyl (C=O) groups is 1. The number of aromatic nitrogens is 2. The Kier molecular flexibility index (Phi) is 5.34. The number of hydrogen-bond donors (Lipinski definition) is 1. The minimum atomic E-state index is -3.78. The van der Waals surface area contributed by atoms with Crippen molar-refractivity contribution in [1.29, 1.82) is 0 Å². The lowest BCUT2D eigenvalue weighted by molar-refractivity contribution is 0.102. The molecule has 0 radical (unpaired) electrons. The number of carbonyl (C=O) groups excluding carboxylic acids is 1. The molecule has 0 aliphatic carbocycles. The summed E-state index contributed by atoms with van der Waals surface area (Å²) in [6.45, 7) is 4.35. The smallest absolute Gasteiger partial charge is 0.264 e. The van der Waals surface area contributed by atoms with Crippen molar-refractivity contribution in [2.75, 3.05) is 16.2 Å². The van der Waals surface area contributed by atoms with Crippen molar-refractivity contribution in [3.05, 3.63) is 71.9 Å². The molecule has 30 heavy (non-hydrogen) atoms. The van der Waals surface area contributed by atoms with Crippen LogP contribution in [-0.4, -0.2) is 30.7 Å². The molecule has 0 spiro atoms. The van der Waals surface area contributed by atoms with E-state index in [0.29, 0.717) is 18.1 Å². The predicted octanol–water partition coefficient (Wildman–Crippen LogP) is 3.86. The molecule has 1 aromatic heterocycles. The van der Waals surface area contributed by atoms with Crippen LogP contribution in [0.2, 0.25) is 0 Å². The number of aryl methyl sites for hydroxylation is 1. The minimum absolute atomic E-state index is 0.0844. The summed E-state index contributed by atoms with van der Waals surface area (Å²) in [6.07, 6.45) is 3.23. The number of rotatable bonds is 5. The van der Waals surface area contributed by atoms with E-state index < -0.39 is 10.0 Å². The summed E-state index contributed by atoms with van der Waals surface area (Å²) in [4.78, 5) is 12.9. The Morgan fingerprint density at radius 1 is 1.10 bits per heavy atom. The van der Waals surface area contributed by atoms with Crippen LogP contribution in [0, 0.1) is 0 Å². The van der Waals surface area contributed by atoms with Crippen LogP contribution in [0.4, 0.5) is 11.5 Å². The molecule has 0 atom stereocenters. The van der Waals surface area contributed by atoms with Crippen molar-refractivity contribution in [2.45, 2.75) is 37.6 Å². The van der Waals surface area contributed by atoms with Crippen molar-refractivity contribution in [1.82, 2.24) is 9.78 Å². The van der Waals surface area contributed by atoms with Crippen molar-refractivity contribution in [3.63, 3.8) is 0 Å². The topological polar surface area (TPSA) is 84.3 Å². The van der Waals surface area contributed by atoms with Gasteiger partial charge in [0, 0.05) is 24.2 Å². The fourth-order valence-corrected chi connectivity index (χ4v) is 5.27.